The maximum absolute atomic E-state index is 15.3. The van der Waals surface area contributed by atoms with Gasteiger partial charge in [0.1, 0.15) is 18.0 Å². The summed E-state index contributed by atoms with van der Waals surface area (Å²) in [6.07, 6.45) is 3.58. The Morgan fingerprint density at radius 2 is 1.68 bits per heavy atom. The van der Waals surface area contributed by atoms with Gasteiger partial charge in [0.05, 0.1) is 6.54 Å². The minimum absolute atomic E-state index is 0.246. The summed E-state index contributed by atoms with van der Waals surface area (Å²) >= 11 is 0. The van der Waals surface area contributed by atoms with Crippen molar-refractivity contribution in [3.63, 3.8) is 0 Å². The van der Waals surface area contributed by atoms with Gasteiger partial charge in [0.15, 0.2) is 5.60 Å². The van der Waals surface area contributed by atoms with Gasteiger partial charge in [-0.3, -0.25) is 10.0 Å². The predicted octanol–water partition coefficient (Wildman–Crippen LogP) is 3.45. The molecule has 0 bridgehead atoms. The molecule has 2 aromatic rings. The minimum atomic E-state index is -3.77. The van der Waals surface area contributed by atoms with Gasteiger partial charge in [-0.15, -0.1) is 0 Å². The lowest BCUT2D eigenvalue weighted by atomic mass is 9.85. The molecule has 0 aliphatic heterocycles. The standard InChI is InChI=1S/C24H23F4N5O/c1-31-15-19(5-4-18-6-10-21(25)11-7-18)3-2-14-24(27,28)23(34,16-33(30)17-32-29)20-8-12-22(26)13-9-20/h2-3,6-13,15,17,34H,1,14,16,29-30H2/b3-2-,19-15+,32-17-. The van der Waals surface area contributed by atoms with E-state index in [1.165, 1.54) is 36.5 Å². The number of hydrazine groups is 1. The van der Waals surface area contributed by atoms with E-state index in [4.69, 9.17) is 11.7 Å². The lowest BCUT2D eigenvalue weighted by Gasteiger charge is -2.37. The number of hydrogen-bond donors (Lipinski definition) is 3. The van der Waals surface area contributed by atoms with Crippen molar-refractivity contribution in [1.82, 2.24) is 5.01 Å². The molecule has 1 unspecified atom stereocenters. The van der Waals surface area contributed by atoms with Gasteiger partial charge in [-0.05, 0) is 54.8 Å². The number of hydrogen-bond acceptors (Lipinski definition) is 5. The number of benzene rings is 2. The SMILES string of the molecule is C=N/C=C(C#Cc1ccc(F)cc1)\C=C/CC(F)(F)C(O)(CN(N)/C=N\N)c1ccc(F)cc1. The van der Waals surface area contributed by atoms with E-state index in [1.807, 2.05) is 0 Å². The molecule has 0 heterocycles. The molecule has 178 valence electrons. The maximum Gasteiger partial charge on any atom is 0.285 e. The normalized spacial score (nSPS) is 14.0. The second-order valence-corrected chi connectivity index (χ2v) is 7.14. The molecular formula is C24H23F4N5O. The Labute approximate surface area is 194 Å². The van der Waals surface area contributed by atoms with Gasteiger partial charge in [-0.1, -0.05) is 30.0 Å². The lowest BCUT2D eigenvalue weighted by molar-refractivity contribution is -0.190. The Bertz CT molecular complexity index is 1120. The predicted molar refractivity (Wildman–Crippen MR) is 123 cm³/mol. The molecule has 5 N–H and O–H groups in total. The fourth-order valence-electron chi connectivity index (χ4n) is 2.93. The van der Waals surface area contributed by atoms with Gasteiger partial charge < -0.3 is 10.9 Å². The Hall–Kier alpha value is -3.94. The van der Waals surface area contributed by atoms with Crippen LogP contribution < -0.4 is 11.7 Å². The van der Waals surface area contributed by atoms with E-state index in [0.29, 0.717) is 10.6 Å². The van der Waals surface area contributed by atoms with Crippen LogP contribution in [-0.4, -0.2) is 35.6 Å². The molecule has 0 aromatic heterocycles. The van der Waals surface area contributed by atoms with Gasteiger partial charge in [0.25, 0.3) is 5.92 Å². The van der Waals surface area contributed by atoms with Crippen molar-refractivity contribution in [2.24, 2.45) is 21.8 Å². The first-order valence-corrected chi connectivity index (χ1v) is 9.82. The smallest absolute Gasteiger partial charge is 0.285 e. The summed E-state index contributed by atoms with van der Waals surface area (Å²) in [7, 11) is 0. The monoisotopic (exact) mass is 473 g/mol. The fraction of sp³-hybridized carbons (Fsp3) is 0.167. The third-order valence-corrected chi connectivity index (χ3v) is 4.65. The van der Waals surface area contributed by atoms with E-state index >= 15 is 8.78 Å². The molecule has 0 amide bonds. The van der Waals surface area contributed by atoms with Gasteiger partial charge in [-0.25, -0.2) is 23.4 Å². The zero-order valence-electron chi connectivity index (χ0n) is 18.0. The highest BCUT2D eigenvalue weighted by molar-refractivity contribution is 5.53. The summed E-state index contributed by atoms with van der Waals surface area (Å²) in [6.45, 7) is 2.53. The van der Waals surface area contributed by atoms with E-state index in [2.05, 4.69) is 28.7 Å². The molecule has 0 spiro atoms. The van der Waals surface area contributed by atoms with Crippen LogP contribution in [-0.2, 0) is 5.60 Å². The third-order valence-electron chi connectivity index (χ3n) is 4.65. The highest BCUT2D eigenvalue weighted by Gasteiger charge is 2.53. The zero-order chi connectivity index (χ0) is 25.2. The van der Waals surface area contributed by atoms with Crippen molar-refractivity contribution < 1.29 is 22.7 Å². The first-order chi connectivity index (χ1) is 16.1. The molecule has 2 rings (SSSR count). The molecular weight excluding hydrogens is 450 g/mol. The van der Waals surface area contributed by atoms with Crippen molar-refractivity contribution in [2.75, 3.05) is 6.54 Å². The van der Waals surface area contributed by atoms with Crippen LogP contribution in [0.4, 0.5) is 17.6 Å². The van der Waals surface area contributed by atoms with Gasteiger partial charge >= 0.3 is 0 Å². The molecule has 10 heteroatoms. The number of aliphatic hydroxyl groups is 1. The fourth-order valence-corrected chi connectivity index (χ4v) is 2.93. The summed E-state index contributed by atoms with van der Waals surface area (Å²) in [5.41, 5.74) is -2.32. The van der Waals surface area contributed by atoms with E-state index in [9.17, 15) is 13.9 Å². The quantitative estimate of drug-likeness (QED) is 0.0988. The molecule has 34 heavy (non-hydrogen) atoms. The molecule has 0 fully saturated rings. The third kappa shape index (κ3) is 7.03. The number of nitrogens with two attached hydrogens (primary N) is 2. The first-order valence-electron chi connectivity index (χ1n) is 9.82. The second-order valence-electron chi connectivity index (χ2n) is 7.14. The van der Waals surface area contributed by atoms with Crippen molar-refractivity contribution in [1.29, 1.82) is 0 Å². The molecule has 6 nitrogen and oxygen atoms in total. The summed E-state index contributed by atoms with van der Waals surface area (Å²) in [5.74, 6) is 11.3. The Morgan fingerprint density at radius 3 is 2.24 bits per heavy atom. The summed E-state index contributed by atoms with van der Waals surface area (Å²) < 4.78 is 57.0. The van der Waals surface area contributed by atoms with Crippen molar-refractivity contribution in [3.8, 4) is 11.8 Å². The molecule has 0 aliphatic rings. The molecule has 0 radical (unpaired) electrons. The summed E-state index contributed by atoms with van der Waals surface area (Å²) in [5, 5.41) is 14.9. The van der Waals surface area contributed by atoms with Crippen molar-refractivity contribution in [3.05, 3.63) is 95.2 Å². The van der Waals surface area contributed by atoms with Gasteiger partial charge in [0.2, 0.25) is 0 Å². The number of rotatable bonds is 9. The topological polar surface area (TPSA) is 100 Å². The number of alkyl halides is 2. The molecule has 0 aliphatic carbocycles. The second kappa shape index (κ2) is 11.8. The van der Waals surface area contributed by atoms with Crippen LogP contribution in [0.2, 0.25) is 0 Å². The Kier molecular flexibility index (Phi) is 9.12. The van der Waals surface area contributed by atoms with Crippen LogP contribution in [0.1, 0.15) is 17.5 Å². The minimum Gasteiger partial charge on any atom is -0.377 e. The summed E-state index contributed by atoms with van der Waals surface area (Å²) in [4.78, 5) is 3.59. The number of aliphatic imine (C=N–C) groups is 1. The largest absolute Gasteiger partial charge is 0.377 e. The zero-order valence-corrected chi connectivity index (χ0v) is 18.0. The molecule has 1 atom stereocenters. The Morgan fingerprint density at radius 1 is 1.09 bits per heavy atom. The molecule has 0 saturated heterocycles. The molecule has 0 saturated carbocycles. The van der Waals surface area contributed by atoms with Gasteiger partial charge in [0, 0.05) is 23.8 Å². The average molecular weight is 473 g/mol. The molecule has 2 aromatic carbocycles. The first kappa shape index (κ1) is 26.3. The van der Waals surface area contributed by atoms with Gasteiger partial charge in [-0.2, -0.15) is 5.10 Å². The van der Waals surface area contributed by atoms with E-state index in [0.717, 1.165) is 36.7 Å². The Balaban J connectivity index is 2.30. The van der Waals surface area contributed by atoms with Crippen molar-refractivity contribution in [2.45, 2.75) is 17.9 Å². The van der Waals surface area contributed by atoms with Crippen LogP contribution in [0.3, 0.4) is 0 Å². The number of nitrogens with zero attached hydrogens (tertiary/aromatic N) is 3. The number of allylic oxidation sites excluding steroid dienone is 3. The van der Waals surface area contributed by atoms with Crippen LogP contribution in [0, 0.1) is 23.5 Å². The number of hydrazone groups is 1. The highest BCUT2D eigenvalue weighted by Crippen LogP contribution is 2.41. The van der Waals surface area contributed by atoms with E-state index < -0.39 is 36.1 Å². The van der Waals surface area contributed by atoms with Crippen LogP contribution >= 0.6 is 0 Å². The lowest BCUT2D eigenvalue weighted by Crippen LogP contribution is -2.54. The maximum atomic E-state index is 15.3. The van der Waals surface area contributed by atoms with Crippen molar-refractivity contribution >= 4 is 13.1 Å². The van der Waals surface area contributed by atoms with E-state index in [-0.39, 0.29) is 11.1 Å². The van der Waals surface area contributed by atoms with E-state index in [1.54, 1.807) is 0 Å². The van der Waals surface area contributed by atoms with Crippen LogP contribution in [0.5, 0.6) is 0 Å². The van der Waals surface area contributed by atoms with Crippen LogP contribution in [0.15, 0.2) is 82.5 Å². The summed E-state index contributed by atoms with van der Waals surface area (Å²) in [6, 6.07) is 9.39. The number of halogens is 4. The average Bonchev–Trinajstić information content (AvgIpc) is 2.78. The van der Waals surface area contributed by atoms with Crippen LogP contribution in [0.25, 0.3) is 0 Å². The highest BCUT2D eigenvalue weighted by atomic mass is 19.3.